The van der Waals surface area contributed by atoms with E-state index in [1.165, 1.54) is 16.7 Å². The van der Waals surface area contributed by atoms with Gasteiger partial charge in [-0.25, -0.2) is 0 Å². The number of rotatable bonds is 5. The summed E-state index contributed by atoms with van der Waals surface area (Å²) in [4.78, 5) is 0. The molecule has 2 N–H and O–H groups in total. The Morgan fingerprint density at radius 3 is 2.35 bits per heavy atom. The van der Waals surface area contributed by atoms with Gasteiger partial charge in [0.25, 0.3) is 0 Å². The summed E-state index contributed by atoms with van der Waals surface area (Å²) < 4.78 is 1.06. The number of nitrogens with zero attached hydrogens (tertiary/aromatic N) is 1. The van der Waals surface area contributed by atoms with Crippen LogP contribution in [0.1, 0.15) is 54.7 Å². The lowest BCUT2D eigenvalue weighted by molar-refractivity contribution is 0.120. The van der Waals surface area contributed by atoms with Crippen molar-refractivity contribution in [3.63, 3.8) is 0 Å². The van der Waals surface area contributed by atoms with E-state index in [4.69, 9.17) is 0 Å². The molecule has 0 spiro atoms. The predicted molar refractivity (Wildman–Crippen MR) is 109 cm³/mol. The molecule has 0 saturated heterocycles. The maximum atomic E-state index is 9.77. The average molecular weight is 416 g/mol. The highest BCUT2D eigenvalue weighted by atomic mass is 79.9. The summed E-state index contributed by atoms with van der Waals surface area (Å²) in [6.07, 6.45) is 3.85. The van der Waals surface area contributed by atoms with E-state index >= 15 is 0 Å². The smallest absolute Gasteiger partial charge is 0.0611 e. The number of benzene rings is 2. The highest BCUT2D eigenvalue weighted by Gasteiger charge is 2.27. The van der Waals surface area contributed by atoms with Gasteiger partial charge in [-0.2, -0.15) is 0 Å². The monoisotopic (exact) mass is 415 g/mol. The zero-order valence-corrected chi connectivity index (χ0v) is 16.7. The zero-order valence-electron chi connectivity index (χ0n) is 15.1. The van der Waals surface area contributed by atoms with Gasteiger partial charge >= 0.3 is 0 Å². The summed E-state index contributed by atoms with van der Waals surface area (Å²) >= 11 is 3.51. The summed E-state index contributed by atoms with van der Waals surface area (Å²) in [5.74, 6) is 0.410. The van der Waals surface area contributed by atoms with Gasteiger partial charge in [-0.15, -0.1) is 0 Å². The van der Waals surface area contributed by atoms with Crippen molar-refractivity contribution in [3.8, 4) is 0 Å². The molecule has 1 aliphatic rings. The maximum absolute atomic E-state index is 9.77. The normalized spacial score (nSPS) is 22.2. The van der Waals surface area contributed by atoms with Gasteiger partial charge in [0.05, 0.1) is 11.8 Å². The Morgan fingerprint density at radius 2 is 1.73 bits per heavy atom. The van der Waals surface area contributed by atoms with Crippen molar-refractivity contribution in [2.24, 2.45) is 11.1 Å². The summed E-state index contributed by atoms with van der Waals surface area (Å²) in [5, 5.41) is 23.2. The Kier molecular flexibility index (Phi) is 6.49. The van der Waals surface area contributed by atoms with Crippen molar-refractivity contribution in [2.75, 3.05) is 0 Å². The molecule has 1 atom stereocenters. The summed E-state index contributed by atoms with van der Waals surface area (Å²) in [6.45, 7) is 2.13. The first-order valence-corrected chi connectivity index (χ1v) is 10.1. The fraction of sp³-hybridized carbons (Fsp3) is 0.409. The second-order valence-electron chi connectivity index (χ2n) is 7.26. The molecule has 26 heavy (non-hydrogen) atoms. The van der Waals surface area contributed by atoms with Crippen LogP contribution >= 0.6 is 15.9 Å². The molecule has 2 aromatic rings. The number of hydrogen-bond donors (Lipinski definition) is 2. The van der Waals surface area contributed by atoms with Crippen LogP contribution in [0.5, 0.6) is 0 Å². The van der Waals surface area contributed by atoms with Gasteiger partial charge in [-0.1, -0.05) is 57.5 Å². The molecule has 2 aromatic carbocycles. The molecule has 3 nitrogen and oxygen atoms in total. The fourth-order valence-corrected chi connectivity index (χ4v) is 4.25. The third-order valence-corrected chi connectivity index (χ3v) is 6.07. The number of aliphatic hydroxyl groups is 1. The van der Waals surface area contributed by atoms with Gasteiger partial charge in [-0.05, 0) is 61.4 Å². The Labute approximate surface area is 163 Å². The van der Waals surface area contributed by atoms with Crippen LogP contribution in [0.25, 0.3) is 0 Å². The van der Waals surface area contributed by atoms with Crippen molar-refractivity contribution < 1.29 is 10.3 Å². The topological polar surface area (TPSA) is 52.8 Å². The highest BCUT2D eigenvalue weighted by molar-refractivity contribution is 9.10. The van der Waals surface area contributed by atoms with Gasteiger partial charge in [0.15, 0.2) is 0 Å². The molecule has 138 valence electrons. The quantitative estimate of drug-likeness (QED) is 0.375. The molecule has 0 bridgehead atoms. The summed E-state index contributed by atoms with van der Waals surface area (Å²) in [7, 11) is 0. The minimum atomic E-state index is -0.204. The predicted octanol–water partition coefficient (Wildman–Crippen LogP) is 5.66. The average Bonchev–Trinajstić information content (AvgIpc) is 2.66. The number of aryl methyl sites for hydroxylation is 1. The van der Waals surface area contributed by atoms with Gasteiger partial charge < -0.3 is 10.3 Å². The lowest BCUT2D eigenvalue weighted by Crippen LogP contribution is -2.26. The molecule has 3 rings (SSSR count). The molecule has 1 fully saturated rings. The van der Waals surface area contributed by atoms with Crippen LogP contribution in [0.3, 0.4) is 0 Å². The number of halogens is 1. The van der Waals surface area contributed by atoms with Gasteiger partial charge in [0, 0.05) is 22.7 Å². The molecule has 0 aromatic heterocycles. The third kappa shape index (κ3) is 4.54. The van der Waals surface area contributed by atoms with E-state index in [9.17, 15) is 10.3 Å². The lowest BCUT2D eigenvalue weighted by atomic mass is 9.78. The van der Waals surface area contributed by atoms with Crippen LogP contribution in [0.15, 0.2) is 58.2 Å². The molecular formula is C22H26BrNO2. The molecule has 0 heterocycles. The SMILES string of the molecule is Cc1ccccc1C(CC(=NO)C1CCC(O)CC1)c1ccc(Br)cc1. The van der Waals surface area contributed by atoms with Crippen LogP contribution in [-0.4, -0.2) is 22.1 Å². The summed E-state index contributed by atoms with van der Waals surface area (Å²) in [6, 6.07) is 16.8. The highest BCUT2D eigenvalue weighted by Crippen LogP contribution is 2.35. The first kappa shape index (κ1) is 19.1. The van der Waals surface area contributed by atoms with Crippen LogP contribution in [-0.2, 0) is 0 Å². The van der Waals surface area contributed by atoms with E-state index in [2.05, 4.69) is 76.5 Å². The Bertz CT molecular complexity index is 749. The van der Waals surface area contributed by atoms with E-state index in [0.29, 0.717) is 6.42 Å². The first-order chi connectivity index (χ1) is 12.6. The van der Waals surface area contributed by atoms with Crippen molar-refractivity contribution in [3.05, 3.63) is 69.7 Å². The van der Waals surface area contributed by atoms with Gasteiger partial charge in [0.1, 0.15) is 0 Å². The number of aliphatic hydroxyl groups excluding tert-OH is 1. The Morgan fingerprint density at radius 1 is 1.08 bits per heavy atom. The largest absolute Gasteiger partial charge is 0.411 e. The standard InChI is InChI=1S/C22H26BrNO2/c1-15-4-2-3-5-20(15)21(16-6-10-18(23)11-7-16)14-22(24-26)17-8-12-19(25)13-9-17/h2-7,10-11,17,19,21,25-26H,8-9,12-14H2,1H3. The van der Waals surface area contributed by atoms with Gasteiger partial charge in [-0.3, -0.25) is 0 Å². The second kappa shape index (κ2) is 8.83. The fourth-order valence-electron chi connectivity index (χ4n) is 3.99. The van der Waals surface area contributed by atoms with E-state index in [1.807, 2.05) is 0 Å². The van der Waals surface area contributed by atoms with Crippen LogP contribution in [0.2, 0.25) is 0 Å². The van der Waals surface area contributed by atoms with Crippen molar-refractivity contribution >= 4 is 21.6 Å². The molecule has 1 saturated carbocycles. The number of hydrogen-bond acceptors (Lipinski definition) is 3. The zero-order chi connectivity index (χ0) is 18.5. The first-order valence-electron chi connectivity index (χ1n) is 9.28. The molecule has 1 aliphatic carbocycles. The van der Waals surface area contributed by atoms with E-state index in [0.717, 1.165) is 35.9 Å². The van der Waals surface area contributed by atoms with Crippen LogP contribution in [0.4, 0.5) is 0 Å². The van der Waals surface area contributed by atoms with Crippen LogP contribution < -0.4 is 0 Å². The minimum absolute atomic E-state index is 0.155. The Hall–Kier alpha value is -1.65. The van der Waals surface area contributed by atoms with Gasteiger partial charge in [0.2, 0.25) is 0 Å². The summed E-state index contributed by atoms with van der Waals surface area (Å²) in [5.41, 5.74) is 4.59. The van der Waals surface area contributed by atoms with Crippen molar-refractivity contribution in [1.82, 2.24) is 0 Å². The molecule has 0 radical (unpaired) electrons. The van der Waals surface area contributed by atoms with E-state index < -0.39 is 0 Å². The van der Waals surface area contributed by atoms with E-state index in [-0.39, 0.29) is 17.9 Å². The minimum Gasteiger partial charge on any atom is -0.411 e. The Balaban J connectivity index is 1.90. The van der Waals surface area contributed by atoms with Crippen molar-refractivity contribution in [1.29, 1.82) is 0 Å². The molecule has 1 unspecified atom stereocenters. The molecule has 0 amide bonds. The molecular weight excluding hydrogens is 390 g/mol. The lowest BCUT2D eigenvalue weighted by Gasteiger charge is -2.28. The third-order valence-electron chi connectivity index (χ3n) is 5.55. The van der Waals surface area contributed by atoms with Crippen LogP contribution in [0, 0.1) is 12.8 Å². The second-order valence-corrected chi connectivity index (χ2v) is 8.18. The molecule has 4 heteroatoms. The van der Waals surface area contributed by atoms with E-state index in [1.54, 1.807) is 0 Å². The molecule has 0 aliphatic heterocycles. The number of oxime groups is 1. The van der Waals surface area contributed by atoms with Crippen molar-refractivity contribution in [2.45, 2.75) is 51.0 Å². The maximum Gasteiger partial charge on any atom is 0.0611 e.